The van der Waals surface area contributed by atoms with Crippen molar-refractivity contribution in [3.8, 4) is 0 Å². The van der Waals surface area contributed by atoms with Gasteiger partial charge in [0, 0.05) is 30.0 Å². The summed E-state index contributed by atoms with van der Waals surface area (Å²) >= 11 is 6.21. The lowest BCUT2D eigenvalue weighted by Gasteiger charge is -2.32. The van der Waals surface area contributed by atoms with Gasteiger partial charge in [-0.25, -0.2) is 9.97 Å². The first-order valence-corrected chi connectivity index (χ1v) is 12.1. The summed E-state index contributed by atoms with van der Waals surface area (Å²) in [6.07, 6.45) is 3.20. The summed E-state index contributed by atoms with van der Waals surface area (Å²) in [5.41, 5.74) is 3.55. The second kappa shape index (κ2) is 9.88. The molecule has 2 aromatic heterocycles. The first kappa shape index (κ1) is 23.1. The Labute approximate surface area is 208 Å². The quantitative estimate of drug-likeness (QED) is 0.443. The van der Waals surface area contributed by atoms with Gasteiger partial charge in [-0.15, -0.1) is 0 Å². The number of nitrogens with one attached hydrogen (secondary N) is 1. The van der Waals surface area contributed by atoms with Gasteiger partial charge in [-0.05, 0) is 55.2 Å². The first-order valence-electron chi connectivity index (χ1n) is 11.7. The molecular formula is C27H26ClN5O2. The lowest BCUT2D eigenvalue weighted by molar-refractivity contribution is -0.120. The van der Waals surface area contributed by atoms with Crippen molar-refractivity contribution in [2.45, 2.75) is 26.3 Å². The van der Waals surface area contributed by atoms with Crippen molar-refractivity contribution in [3.05, 3.63) is 93.4 Å². The van der Waals surface area contributed by atoms with Crippen LogP contribution in [0, 0.1) is 12.8 Å². The Bertz CT molecular complexity index is 1440. The topological polar surface area (TPSA) is 80.1 Å². The van der Waals surface area contributed by atoms with E-state index in [9.17, 15) is 9.59 Å². The molecule has 1 amide bonds. The van der Waals surface area contributed by atoms with E-state index in [1.165, 1.54) is 0 Å². The maximum atomic E-state index is 13.6. The van der Waals surface area contributed by atoms with Crippen LogP contribution in [0.15, 0.2) is 71.7 Å². The summed E-state index contributed by atoms with van der Waals surface area (Å²) in [5.74, 6) is 0.0144. The van der Waals surface area contributed by atoms with Gasteiger partial charge in [-0.2, -0.15) is 0 Å². The molecule has 4 aromatic rings. The number of aromatic nitrogens is 3. The number of pyridine rings is 1. The van der Waals surface area contributed by atoms with Gasteiger partial charge in [0.1, 0.15) is 5.52 Å². The summed E-state index contributed by atoms with van der Waals surface area (Å²) < 4.78 is 1.67. The fourth-order valence-electron chi connectivity index (χ4n) is 4.54. The number of benzene rings is 2. The highest BCUT2D eigenvalue weighted by molar-refractivity contribution is 6.31. The Kier molecular flexibility index (Phi) is 6.51. The molecule has 1 aliphatic heterocycles. The molecule has 0 saturated carbocycles. The van der Waals surface area contributed by atoms with Crippen molar-refractivity contribution in [2.75, 3.05) is 23.3 Å². The van der Waals surface area contributed by atoms with Crippen LogP contribution in [0.1, 0.15) is 24.0 Å². The normalized spacial score (nSPS) is 15.8. The molecule has 0 spiro atoms. The van der Waals surface area contributed by atoms with Gasteiger partial charge in [0.2, 0.25) is 5.91 Å². The minimum absolute atomic E-state index is 0.0767. The molecule has 1 fully saturated rings. The van der Waals surface area contributed by atoms with Crippen LogP contribution < -0.4 is 15.8 Å². The van der Waals surface area contributed by atoms with E-state index in [1.54, 1.807) is 16.8 Å². The fraction of sp³-hybridized carbons (Fsp3) is 0.259. The number of hydrogen-bond donors (Lipinski definition) is 1. The molecule has 3 heterocycles. The van der Waals surface area contributed by atoms with Gasteiger partial charge in [-0.3, -0.25) is 14.2 Å². The van der Waals surface area contributed by atoms with Crippen LogP contribution in [-0.2, 0) is 11.3 Å². The highest BCUT2D eigenvalue weighted by atomic mass is 35.5. The fourth-order valence-corrected chi connectivity index (χ4v) is 4.72. The molecule has 5 rings (SSSR count). The van der Waals surface area contributed by atoms with Crippen LogP contribution in [0.5, 0.6) is 0 Å². The largest absolute Gasteiger partial charge is 0.351 e. The molecule has 0 radical (unpaired) electrons. The summed E-state index contributed by atoms with van der Waals surface area (Å²) in [6, 6.07) is 19.0. The molecule has 0 aliphatic carbocycles. The average Bonchev–Trinajstić information content (AvgIpc) is 2.89. The molecule has 2 aromatic carbocycles. The van der Waals surface area contributed by atoms with Gasteiger partial charge < -0.3 is 10.2 Å². The monoisotopic (exact) mass is 487 g/mol. The molecule has 7 nitrogen and oxygen atoms in total. The van der Waals surface area contributed by atoms with Crippen molar-refractivity contribution in [1.82, 2.24) is 14.5 Å². The Balaban J connectivity index is 1.45. The Morgan fingerprint density at radius 1 is 1.11 bits per heavy atom. The number of piperidine rings is 1. The number of amides is 1. The van der Waals surface area contributed by atoms with E-state index in [-0.39, 0.29) is 17.4 Å². The molecule has 1 N–H and O–H groups in total. The second-order valence-electron chi connectivity index (χ2n) is 8.85. The minimum Gasteiger partial charge on any atom is -0.351 e. The van der Waals surface area contributed by atoms with Gasteiger partial charge in [0.15, 0.2) is 11.5 Å². The van der Waals surface area contributed by atoms with E-state index in [4.69, 9.17) is 11.6 Å². The molecular weight excluding hydrogens is 462 g/mol. The molecule has 178 valence electrons. The molecule has 0 bridgehead atoms. The minimum atomic E-state index is -0.268. The zero-order valence-electron chi connectivity index (χ0n) is 19.4. The van der Waals surface area contributed by atoms with Crippen LogP contribution in [0.2, 0.25) is 5.02 Å². The number of nitrogens with zero attached hydrogens (tertiary/aromatic N) is 4. The summed E-state index contributed by atoms with van der Waals surface area (Å²) in [4.78, 5) is 37.8. The van der Waals surface area contributed by atoms with Crippen LogP contribution >= 0.6 is 11.6 Å². The predicted molar refractivity (Wildman–Crippen MR) is 139 cm³/mol. The van der Waals surface area contributed by atoms with E-state index in [0.717, 1.165) is 24.0 Å². The van der Waals surface area contributed by atoms with Crippen molar-refractivity contribution in [1.29, 1.82) is 0 Å². The predicted octanol–water partition coefficient (Wildman–Crippen LogP) is 4.66. The van der Waals surface area contributed by atoms with Crippen molar-refractivity contribution < 1.29 is 4.79 Å². The second-order valence-corrected chi connectivity index (χ2v) is 9.25. The van der Waals surface area contributed by atoms with Gasteiger partial charge in [0.05, 0.1) is 12.5 Å². The molecule has 1 atom stereocenters. The summed E-state index contributed by atoms with van der Waals surface area (Å²) in [7, 11) is 0. The van der Waals surface area contributed by atoms with Crippen LogP contribution in [0.3, 0.4) is 0 Å². The lowest BCUT2D eigenvalue weighted by Crippen LogP contribution is -2.44. The van der Waals surface area contributed by atoms with E-state index in [0.29, 0.717) is 47.3 Å². The van der Waals surface area contributed by atoms with Gasteiger partial charge in [-0.1, -0.05) is 48.0 Å². The van der Waals surface area contributed by atoms with E-state index >= 15 is 0 Å². The van der Waals surface area contributed by atoms with Crippen molar-refractivity contribution in [2.24, 2.45) is 5.92 Å². The standard InChI is InChI=1S/C27H26ClN5O2/c1-18-21(28)11-5-12-22(18)31-26(34)20-10-7-15-32(17-20)25-27(35)33(16-19-8-3-2-4-9-19)24-23(30-25)13-6-14-29-24/h2-6,8-9,11-14,20H,7,10,15-17H2,1H3,(H,31,34)/t20-/m0/s1. The summed E-state index contributed by atoms with van der Waals surface area (Å²) in [6.45, 7) is 3.37. The zero-order chi connectivity index (χ0) is 24.4. The van der Waals surface area contributed by atoms with Crippen molar-refractivity contribution in [3.63, 3.8) is 0 Å². The molecule has 1 aliphatic rings. The zero-order valence-corrected chi connectivity index (χ0v) is 20.2. The molecule has 8 heteroatoms. The molecule has 0 unspecified atom stereocenters. The third-order valence-corrected chi connectivity index (χ3v) is 6.89. The SMILES string of the molecule is Cc1c(Cl)cccc1NC(=O)[C@H]1CCCN(c2nc3cccnc3n(Cc3ccccc3)c2=O)C1. The maximum Gasteiger partial charge on any atom is 0.295 e. The Morgan fingerprint density at radius 2 is 1.94 bits per heavy atom. The van der Waals surface area contributed by atoms with E-state index < -0.39 is 0 Å². The highest BCUT2D eigenvalue weighted by Crippen LogP contribution is 2.26. The van der Waals surface area contributed by atoms with Crippen molar-refractivity contribution >= 4 is 40.2 Å². The molecule has 1 saturated heterocycles. The van der Waals surface area contributed by atoms with E-state index in [2.05, 4.69) is 15.3 Å². The van der Waals surface area contributed by atoms with Gasteiger partial charge in [0.25, 0.3) is 5.56 Å². The highest BCUT2D eigenvalue weighted by Gasteiger charge is 2.29. The number of halogens is 1. The number of carbonyl (C=O) groups excluding carboxylic acids is 1. The van der Waals surface area contributed by atoms with Gasteiger partial charge >= 0.3 is 0 Å². The number of rotatable bonds is 5. The van der Waals surface area contributed by atoms with Crippen LogP contribution in [-0.4, -0.2) is 33.5 Å². The average molecular weight is 488 g/mol. The Morgan fingerprint density at radius 3 is 2.77 bits per heavy atom. The number of anilines is 2. The number of fused-ring (bicyclic) bond motifs is 1. The molecule has 35 heavy (non-hydrogen) atoms. The smallest absolute Gasteiger partial charge is 0.295 e. The maximum absolute atomic E-state index is 13.6. The van der Waals surface area contributed by atoms with E-state index in [1.807, 2.05) is 66.4 Å². The van der Waals surface area contributed by atoms with Crippen LogP contribution in [0.4, 0.5) is 11.5 Å². The third kappa shape index (κ3) is 4.77. The Hall–Kier alpha value is -3.71. The third-order valence-electron chi connectivity index (χ3n) is 6.49. The first-order chi connectivity index (χ1) is 17.0. The number of hydrogen-bond acceptors (Lipinski definition) is 5. The number of carbonyl (C=O) groups is 1. The lowest BCUT2D eigenvalue weighted by atomic mass is 9.97. The van der Waals surface area contributed by atoms with Crippen LogP contribution in [0.25, 0.3) is 11.2 Å². The summed E-state index contributed by atoms with van der Waals surface area (Å²) in [5, 5.41) is 3.63.